The van der Waals surface area contributed by atoms with E-state index < -0.39 is 0 Å². The molecule has 1 aromatic heterocycles. The van der Waals surface area contributed by atoms with Crippen LogP contribution in [0.15, 0.2) is 22.7 Å². The Labute approximate surface area is 106 Å². The molecule has 92 valence electrons. The third kappa shape index (κ3) is 2.72. The summed E-state index contributed by atoms with van der Waals surface area (Å²) in [6.45, 7) is 4.92. The molecule has 0 N–H and O–H groups in total. The zero-order valence-corrected chi connectivity index (χ0v) is 10.8. The molecule has 0 aliphatic heterocycles. The summed E-state index contributed by atoms with van der Waals surface area (Å²) in [5.74, 6) is 1.85. The smallest absolute Gasteiger partial charge is 0.170 e. The first-order chi connectivity index (χ1) is 8.22. The van der Waals surface area contributed by atoms with Gasteiger partial charge in [0.1, 0.15) is 5.75 Å². The summed E-state index contributed by atoms with van der Waals surface area (Å²) in [6, 6.07) is 5.75. The second-order valence-corrected chi connectivity index (χ2v) is 4.78. The summed E-state index contributed by atoms with van der Waals surface area (Å²) in [5, 5.41) is 4.99. The van der Waals surface area contributed by atoms with E-state index in [0.717, 1.165) is 22.4 Å². The van der Waals surface area contributed by atoms with Crippen LogP contribution in [0.3, 0.4) is 0 Å². The predicted molar refractivity (Wildman–Crippen MR) is 68.8 cm³/mol. The van der Waals surface area contributed by atoms with Gasteiger partial charge in [0.2, 0.25) is 0 Å². The van der Waals surface area contributed by atoms with E-state index in [9.17, 15) is 0 Å². The van der Waals surface area contributed by atoms with Crippen LogP contribution in [0.1, 0.15) is 19.5 Å². The third-order valence-corrected chi connectivity index (χ3v) is 2.62. The Kier molecular flexibility index (Phi) is 3.89. The van der Waals surface area contributed by atoms with E-state index in [0.29, 0.717) is 24.8 Å². The van der Waals surface area contributed by atoms with Gasteiger partial charge in [-0.05, 0) is 18.1 Å². The molecule has 2 rings (SSSR count). The van der Waals surface area contributed by atoms with E-state index in [-0.39, 0.29) is 0 Å². The molecule has 0 spiro atoms. The van der Waals surface area contributed by atoms with Crippen LogP contribution in [0.5, 0.6) is 5.75 Å². The SMILES string of the molecule is CC(C)COc1cccc2onc(CCCl)c12. The second kappa shape index (κ2) is 5.41. The van der Waals surface area contributed by atoms with Crippen molar-refractivity contribution in [2.24, 2.45) is 5.92 Å². The minimum Gasteiger partial charge on any atom is -0.492 e. The van der Waals surface area contributed by atoms with Gasteiger partial charge in [-0.25, -0.2) is 0 Å². The van der Waals surface area contributed by atoms with Crippen LogP contribution in [0.4, 0.5) is 0 Å². The van der Waals surface area contributed by atoms with Gasteiger partial charge >= 0.3 is 0 Å². The minimum absolute atomic E-state index is 0.488. The molecular formula is C13H16ClNO2. The number of hydrogen-bond donors (Lipinski definition) is 0. The van der Waals surface area contributed by atoms with Crippen LogP contribution in [0, 0.1) is 5.92 Å². The molecule has 17 heavy (non-hydrogen) atoms. The lowest BCUT2D eigenvalue weighted by molar-refractivity contribution is 0.274. The van der Waals surface area contributed by atoms with Crippen molar-refractivity contribution in [2.45, 2.75) is 20.3 Å². The van der Waals surface area contributed by atoms with Gasteiger partial charge < -0.3 is 9.26 Å². The van der Waals surface area contributed by atoms with Gasteiger partial charge in [-0.2, -0.15) is 0 Å². The normalized spacial score (nSPS) is 11.3. The Morgan fingerprint density at radius 3 is 2.94 bits per heavy atom. The first-order valence-electron chi connectivity index (χ1n) is 5.78. The van der Waals surface area contributed by atoms with Crippen molar-refractivity contribution < 1.29 is 9.26 Å². The van der Waals surface area contributed by atoms with Crippen LogP contribution in [-0.4, -0.2) is 17.6 Å². The average molecular weight is 254 g/mol. The lowest BCUT2D eigenvalue weighted by atomic mass is 10.1. The lowest BCUT2D eigenvalue weighted by Gasteiger charge is -2.09. The van der Waals surface area contributed by atoms with Crippen LogP contribution in [0.25, 0.3) is 11.0 Å². The number of benzene rings is 1. The molecule has 0 bridgehead atoms. The van der Waals surface area contributed by atoms with Crippen LogP contribution in [0.2, 0.25) is 0 Å². The zero-order valence-electron chi connectivity index (χ0n) is 10.1. The summed E-state index contributed by atoms with van der Waals surface area (Å²) >= 11 is 5.75. The molecule has 0 aliphatic rings. The maximum atomic E-state index is 5.78. The van der Waals surface area contributed by atoms with Gasteiger partial charge in [0, 0.05) is 12.3 Å². The highest BCUT2D eigenvalue weighted by Gasteiger charge is 2.13. The maximum absolute atomic E-state index is 5.78. The van der Waals surface area contributed by atoms with E-state index >= 15 is 0 Å². The Bertz CT molecular complexity index is 493. The summed E-state index contributed by atoms with van der Waals surface area (Å²) < 4.78 is 11.0. The third-order valence-electron chi connectivity index (χ3n) is 2.43. The van der Waals surface area contributed by atoms with E-state index in [1.54, 1.807) is 0 Å². The highest BCUT2D eigenvalue weighted by molar-refractivity contribution is 6.18. The van der Waals surface area contributed by atoms with Gasteiger partial charge in [0.05, 0.1) is 17.7 Å². The molecule has 0 atom stereocenters. The van der Waals surface area contributed by atoms with Crippen molar-refractivity contribution >= 4 is 22.6 Å². The molecule has 1 heterocycles. The Morgan fingerprint density at radius 1 is 1.41 bits per heavy atom. The van der Waals surface area contributed by atoms with E-state index in [4.69, 9.17) is 20.9 Å². The van der Waals surface area contributed by atoms with E-state index in [1.807, 2.05) is 18.2 Å². The number of alkyl halides is 1. The van der Waals surface area contributed by atoms with Crippen molar-refractivity contribution in [2.75, 3.05) is 12.5 Å². The molecule has 0 aliphatic carbocycles. The number of aryl methyl sites for hydroxylation is 1. The summed E-state index contributed by atoms with van der Waals surface area (Å²) in [6.07, 6.45) is 0.691. The fourth-order valence-corrected chi connectivity index (χ4v) is 1.84. The van der Waals surface area contributed by atoms with Crippen molar-refractivity contribution in [1.29, 1.82) is 0 Å². The van der Waals surface area contributed by atoms with Crippen LogP contribution < -0.4 is 4.74 Å². The molecule has 0 unspecified atom stereocenters. The number of rotatable bonds is 5. The predicted octanol–water partition coefficient (Wildman–Crippen LogP) is 3.64. The largest absolute Gasteiger partial charge is 0.492 e. The molecular weight excluding hydrogens is 238 g/mol. The zero-order chi connectivity index (χ0) is 12.3. The molecule has 0 saturated heterocycles. The molecule has 4 heteroatoms. The Morgan fingerprint density at radius 2 is 2.24 bits per heavy atom. The molecule has 0 saturated carbocycles. The Balaban J connectivity index is 2.36. The maximum Gasteiger partial charge on any atom is 0.170 e. The second-order valence-electron chi connectivity index (χ2n) is 4.40. The number of ether oxygens (including phenoxy) is 1. The topological polar surface area (TPSA) is 35.3 Å². The number of hydrogen-bond acceptors (Lipinski definition) is 3. The molecule has 0 amide bonds. The van der Waals surface area contributed by atoms with Crippen LogP contribution in [-0.2, 0) is 6.42 Å². The fraction of sp³-hybridized carbons (Fsp3) is 0.462. The first-order valence-corrected chi connectivity index (χ1v) is 6.32. The monoisotopic (exact) mass is 253 g/mol. The summed E-state index contributed by atoms with van der Waals surface area (Å²) in [5.41, 5.74) is 1.63. The highest BCUT2D eigenvalue weighted by Crippen LogP contribution is 2.29. The highest BCUT2D eigenvalue weighted by atomic mass is 35.5. The Hall–Kier alpha value is -1.22. The van der Waals surface area contributed by atoms with E-state index in [2.05, 4.69) is 19.0 Å². The molecule has 1 aromatic carbocycles. The van der Waals surface area contributed by atoms with Gasteiger partial charge in [0.25, 0.3) is 0 Å². The fourth-order valence-electron chi connectivity index (χ4n) is 1.66. The van der Waals surface area contributed by atoms with E-state index in [1.165, 1.54) is 0 Å². The summed E-state index contributed by atoms with van der Waals surface area (Å²) in [4.78, 5) is 0. The number of fused-ring (bicyclic) bond motifs is 1. The molecule has 3 nitrogen and oxygen atoms in total. The minimum atomic E-state index is 0.488. The van der Waals surface area contributed by atoms with Crippen molar-refractivity contribution in [3.8, 4) is 5.75 Å². The van der Waals surface area contributed by atoms with Crippen molar-refractivity contribution in [3.05, 3.63) is 23.9 Å². The van der Waals surface area contributed by atoms with Gasteiger partial charge in [-0.3, -0.25) is 0 Å². The average Bonchev–Trinajstić information content (AvgIpc) is 2.71. The molecule has 0 fully saturated rings. The van der Waals surface area contributed by atoms with Crippen LogP contribution >= 0.6 is 11.6 Å². The number of aromatic nitrogens is 1. The summed E-state index contributed by atoms with van der Waals surface area (Å²) in [7, 11) is 0. The van der Waals surface area contributed by atoms with Gasteiger partial charge in [0.15, 0.2) is 5.58 Å². The number of halogens is 1. The lowest BCUT2D eigenvalue weighted by Crippen LogP contribution is -2.05. The molecule has 2 aromatic rings. The van der Waals surface area contributed by atoms with Gasteiger partial charge in [-0.15, -0.1) is 11.6 Å². The standard InChI is InChI=1S/C13H16ClNO2/c1-9(2)8-16-11-4-3-5-12-13(11)10(6-7-14)15-17-12/h3-5,9H,6-8H2,1-2H3. The van der Waals surface area contributed by atoms with Gasteiger partial charge in [-0.1, -0.05) is 25.1 Å². The number of nitrogens with zero attached hydrogens (tertiary/aromatic N) is 1. The molecule has 0 radical (unpaired) electrons. The first kappa shape index (κ1) is 12.2. The van der Waals surface area contributed by atoms with Crippen molar-refractivity contribution in [1.82, 2.24) is 5.16 Å². The van der Waals surface area contributed by atoms with Crippen molar-refractivity contribution in [3.63, 3.8) is 0 Å². The quantitative estimate of drug-likeness (QED) is 0.763.